The predicted octanol–water partition coefficient (Wildman–Crippen LogP) is 3.00. The van der Waals surface area contributed by atoms with Gasteiger partial charge in [-0.05, 0) is 59.9 Å². The van der Waals surface area contributed by atoms with Crippen molar-refractivity contribution in [3.05, 3.63) is 69.1 Å². The Kier molecular flexibility index (Phi) is 5.79. The lowest BCUT2D eigenvalue weighted by molar-refractivity contribution is -0.0513. The molecule has 0 N–H and O–H groups in total. The lowest BCUT2D eigenvalue weighted by atomic mass is 10.0. The number of benzene rings is 2. The van der Waals surface area contributed by atoms with E-state index in [0.29, 0.717) is 5.71 Å². The number of aromatic nitrogens is 4. The molecule has 2 aromatic carbocycles. The summed E-state index contributed by atoms with van der Waals surface area (Å²) < 4.78 is 32.5. The summed E-state index contributed by atoms with van der Waals surface area (Å²) in [5.74, 6) is -0.126. The third-order valence-corrected chi connectivity index (χ3v) is 5.22. The molecule has 1 heterocycles. The molecule has 31 heavy (non-hydrogen) atoms. The van der Waals surface area contributed by atoms with Crippen molar-refractivity contribution in [2.24, 2.45) is 12.2 Å². The van der Waals surface area contributed by atoms with Crippen LogP contribution in [0.3, 0.4) is 0 Å². The summed E-state index contributed by atoms with van der Waals surface area (Å²) in [4.78, 5) is 17.8. The highest BCUT2D eigenvalue weighted by Crippen LogP contribution is 2.28. The first kappa shape index (κ1) is 20.7. The van der Waals surface area contributed by atoms with Crippen LogP contribution in [0.2, 0.25) is 0 Å². The fraction of sp³-hybridized carbons (Fsp3) is 0.333. The Morgan fingerprint density at radius 2 is 2.00 bits per heavy atom. The summed E-state index contributed by atoms with van der Waals surface area (Å²) >= 11 is 0. The number of oxime groups is 1. The zero-order valence-electron chi connectivity index (χ0n) is 17.1. The Morgan fingerprint density at radius 1 is 1.19 bits per heavy atom. The van der Waals surface area contributed by atoms with Gasteiger partial charge in [0.2, 0.25) is 0 Å². The van der Waals surface area contributed by atoms with Crippen LogP contribution >= 0.6 is 0 Å². The molecule has 0 radical (unpaired) electrons. The standard InChI is InChI=1S/C21H21F2N5O3/c1-13(15-8-3-6-14-7-4-9-16(14)15)24-30-12-17-18(28-21(29)27(2)25-26-28)10-5-11-19(17)31-20(22)23/h3,5-6,8,10-11,20H,4,7,9,12H2,1-2H3/b24-13+. The normalized spacial score (nSPS) is 13.5. The fourth-order valence-electron chi connectivity index (χ4n) is 3.77. The van der Waals surface area contributed by atoms with E-state index in [0.717, 1.165) is 34.2 Å². The van der Waals surface area contributed by atoms with E-state index in [2.05, 4.69) is 26.4 Å². The van der Waals surface area contributed by atoms with Crippen molar-refractivity contribution in [3.63, 3.8) is 0 Å². The smallest absolute Gasteiger partial charge is 0.387 e. The van der Waals surface area contributed by atoms with Crippen LogP contribution in [-0.2, 0) is 31.3 Å². The van der Waals surface area contributed by atoms with Gasteiger partial charge < -0.3 is 9.57 Å². The molecule has 3 aromatic rings. The SMILES string of the molecule is C/C(=N\OCc1c(OC(F)F)cccc1-n1nnn(C)c1=O)c1cccc2c1CCC2. The third-order valence-electron chi connectivity index (χ3n) is 5.22. The monoisotopic (exact) mass is 429 g/mol. The second kappa shape index (κ2) is 8.66. The maximum atomic E-state index is 12.9. The van der Waals surface area contributed by atoms with Crippen LogP contribution in [-0.4, -0.2) is 32.1 Å². The van der Waals surface area contributed by atoms with Crippen molar-refractivity contribution in [2.75, 3.05) is 0 Å². The topological polar surface area (TPSA) is 83.5 Å². The van der Waals surface area contributed by atoms with Crippen molar-refractivity contribution in [1.29, 1.82) is 0 Å². The summed E-state index contributed by atoms with van der Waals surface area (Å²) in [6.45, 7) is -1.40. The molecular formula is C21H21F2N5O3. The number of ether oxygens (including phenoxy) is 1. The van der Waals surface area contributed by atoms with Crippen LogP contribution in [0, 0.1) is 0 Å². The minimum atomic E-state index is -3.04. The molecule has 1 aliphatic carbocycles. The molecule has 0 unspecified atom stereocenters. The largest absolute Gasteiger partial charge is 0.434 e. The molecule has 0 fully saturated rings. The molecule has 0 aliphatic heterocycles. The fourth-order valence-corrected chi connectivity index (χ4v) is 3.77. The van der Waals surface area contributed by atoms with Crippen LogP contribution in [0.15, 0.2) is 46.3 Å². The van der Waals surface area contributed by atoms with Crippen molar-refractivity contribution < 1.29 is 18.4 Å². The highest BCUT2D eigenvalue weighted by molar-refractivity contribution is 6.00. The molecule has 10 heteroatoms. The molecule has 162 valence electrons. The summed E-state index contributed by atoms with van der Waals surface area (Å²) in [6.07, 6.45) is 3.14. The molecule has 8 nitrogen and oxygen atoms in total. The second-order valence-electron chi connectivity index (χ2n) is 7.18. The number of aryl methyl sites for hydroxylation is 2. The average Bonchev–Trinajstić information content (AvgIpc) is 3.35. The van der Waals surface area contributed by atoms with Gasteiger partial charge in [0.15, 0.2) is 0 Å². The van der Waals surface area contributed by atoms with Crippen molar-refractivity contribution in [3.8, 4) is 11.4 Å². The molecular weight excluding hydrogens is 408 g/mol. The zero-order chi connectivity index (χ0) is 22.0. The first-order valence-corrected chi connectivity index (χ1v) is 9.79. The highest BCUT2D eigenvalue weighted by atomic mass is 19.3. The number of nitrogens with zero attached hydrogens (tertiary/aromatic N) is 5. The Hall–Kier alpha value is -3.56. The van der Waals surface area contributed by atoms with E-state index in [4.69, 9.17) is 4.84 Å². The molecule has 1 aromatic heterocycles. The molecule has 0 spiro atoms. The van der Waals surface area contributed by atoms with Crippen LogP contribution in [0.5, 0.6) is 5.75 Å². The van der Waals surface area contributed by atoms with E-state index in [1.54, 1.807) is 6.07 Å². The van der Waals surface area contributed by atoms with E-state index in [9.17, 15) is 13.6 Å². The average molecular weight is 429 g/mol. The molecule has 0 saturated carbocycles. The van der Waals surface area contributed by atoms with Crippen LogP contribution in [0.1, 0.15) is 35.6 Å². The van der Waals surface area contributed by atoms with Crippen molar-refractivity contribution >= 4 is 5.71 Å². The molecule has 0 atom stereocenters. The van der Waals surface area contributed by atoms with Crippen LogP contribution < -0.4 is 10.4 Å². The zero-order valence-corrected chi connectivity index (χ0v) is 17.1. The number of tetrazole rings is 1. The van der Waals surface area contributed by atoms with Crippen molar-refractivity contribution in [2.45, 2.75) is 39.4 Å². The minimum absolute atomic E-state index is 0.126. The Bertz CT molecular complexity index is 1190. The van der Waals surface area contributed by atoms with E-state index in [1.807, 2.05) is 19.1 Å². The number of alkyl halides is 2. The molecule has 0 bridgehead atoms. The maximum absolute atomic E-state index is 12.9. The van der Waals surface area contributed by atoms with Gasteiger partial charge in [-0.1, -0.05) is 29.4 Å². The van der Waals surface area contributed by atoms with Gasteiger partial charge in [0.05, 0.1) is 17.0 Å². The van der Waals surface area contributed by atoms with Crippen LogP contribution in [0.25, 0.3) is 5.69 Å². The molecule has 0 amide bonds. The quantitative estimate of drug-likeness (QED) is 0.426. The highest BCUT2D eigenvalue weighted by Gasteiger charge is 2.19. The van der Waals surface area contributed by atoms with Gasteiger partial charge in [0.25, 0.3) is 0 Å². The number of rotatable bonds is 7. The predicted molar refractivity (Wildman–Crippen MR) is 109 cm³/mol. The summed E-state index contributed by atoms with van der Waals surface area (Å²) in [5.41, 5.74) is 4.18. The lowest BCUT2D eigenvalue weighted by Crippen LogP contribution is -2.23. The van der Waals surface area contributed by atoms with Gasteiger partial charge >= 0.3 is 12.3 Å². The summed E-state index contributed by atoms with van der Waals surface area (Å²) in [7, 11) is 1.44. The number of fused-ring (bicyclic) bond motifs is 1. The van der Waals surface area contributed by atoms with Gasteiger partial charge in [-0.15, -0.1) is 0 Å². The number of halogens is 2. The Labute approximate surface area is 176 Å². The first-order chi connectivity index (χ1) is 15.0. The van der Waals surface area contributed by atoms with E-state index in [1.165, 1.54) is 30.3 Å². The minimum Gasteiger partial charge on any atom is -0.434 e. The first-order valence-electron chi connectivity index (χ1n) is 9.79. The van der Waals surface area contributed by atoms with E-state index < -0.39 is 12.3 Å². The van der Waals surface area contributed by atoms with Crippen molar-refractivity contribution in [1.82, 2.24) is 19.8 Å². The van der Waals surface area contributed by atoms with Crippen LogP contribution in [0.4, 0.5) is 8.78 Å². The van der Waals surface area contributed by atoms with E-state index in [-0.39, 0.29) is 23.6 Å². The van der Waals surface area contributed by atoms with Gasteiger partial charge in [-0.2, -0.15) is 18.1 Å². The van der Waals surface area contributed by atoms with Gasteiger partial charge in [0.1, 0.15) is 12.4 Å². The molecule has 0 saturated heterocycles. The number of hydrogen-bond donors (Lipinski definition) is 0. The Morgan fingerprint density at radius 3 is 2.74 bits per heavy atom. The molecule has 4 rings (SSSR count). The maximum Gasteiger partial charge on any atom is 0.387 e. The summed E-state index contributed by atoms with van der Waals surface area (Å²) in [5, 5.41) is 11.6. The van der Waals surface area contributed by atoms with Gasteiger partial charge in [-0.3, -0.25) is 0 Å². The van der Waals surface area contributed by atoms with Gasteiger partial charge in [-0.25, -0.2) is 4.79 Å². The third kappa shape index (κ3) is 4.18. The molecule has 1 aliphatic rings. The second-order valence-corrected chi connectivity index (χ2v) is 7.18. The lowest BCUT2D eigenvalue weighted by Gasteiger charge is -2.14. The van der Waals surface area contributed by atoms with Gasteiger partial charge in [0, 0.05) is 12.6 Å². The summed E-state index contributed by atoms with van der Waals surface area (Å²) in [6, 6.07) is 10.5. The number of hydrogen-bond acceptors (Lipinski definition) is 6. The van der Waals surface area contributed by atoms with E-state index >= 15 is 0 Å². The Balaban J connectivity index is 1.64.